The van der Waals surface area contributed by atoms with Crippen molar-refractivity contribution in [2.75, 3.05) is 0 Å². The highest BCUT2D eigenvalue weighted by molar-refractivity contribution is 5.72. The number of para-hydroxylation sites is 1. The van der Waals surface area contributed by atoms with Gasteiger partial charge in [-0.1, -0.05) is 30.3 Å². The Morgan fingerprint density at radius 3 is 2.28 bits per heavy atom. The highest BCUT2D eigenvalue weighted by Gasteiger charge is 2.22. The monoisotopic (exact) mass is 398 g/mol. The van der Waals surface area contributed by atoms with Crippen molar-refractivity contribution in [1.29, 1.82) is 0 Å². The van der Waals surface area contributed by atoms with Crippen molar-refractivity contribution in [3.63, 3.8) is 0 Å². The fourth-order valence-corrected chi connectivity index (χ4v) is 3.07. The van der Waals surface area contributed by atoms with Crippen LogP contribution in [-0.4, -0.2) is 18.7 Å². The summed E-state index contributed by atoms with van der Waals surface area (Å²) in [5.74, 6) is -1.22. The van der Waals surface area contributed by atoms with Gasteiger partial charge in [0.15, 0.2) is 22.7 Å². The Morgan fingerprint density at radius 2 is 1.59 bits per heavy atom. The lowest BCUT2D eigenvalue weighted by Gasteiger charge is -2.11. The molecule has 0 aliphatic heterocycles. The normalized spacial score (nSPS) is 11.2. The third-order valence-electron chi connectivity index (χ3n) is 4.64. The average Bonchev–Trinajstić information content (AvgIpc) is 3.06. The first-order valence-electron chi connectivity index (χ1n) is 8.70. The molecule has 0 saturated carbocycles. The molecule has 9 heteroatoms. The third kappa shape index (κ3) is 3.10. The first kappa shape index (κ1) is 18.6. The number of aryl methyl sites for hydroxylation is 1. The second kappa shape index (κ2) is 7.01. The molecule has 0 N–H and O–H groups in total. The fraction of sp³-hybridized carbons (Fsp3) is 0.150. The summed E-state index contributed by atoms with van der Waals surface area (Å²) in [7, 11) is 2.79. The molecule has 0 saturated heterocycles. The molecule has 29 heavy (non-hydrogen) atoms. The lowest BCUT2D eigenvalue weighted by Crippen LogP contribution is -2.37. The summed E-state index contributed by atoms with van der Waals surface area (Å²) >= 11 is 0. The maximum atomic E-state index is 14.3. The van der Waals surface area contributed by atoms with Gasteiger partial charge in [-0.3, -0.25) is 18.5 Å². The van der Waals surface area contributed by atoms with E-state index in [-0.39, 0.29) is 35.0 Å². The molecule has 7 nitrogen and oxygen atoms in total. The number of ether oxygens (including phenoxy) is 1. The van der Waals surface area contributed by atoms with E-state index < -0.39 is 22.9 Å². The Kier molecular flexibility index (Phi) is 4.50. The molecule has 0 radical (unpaired) electrons. The predicted octanol–water partition coefficient (Wildman–Crippen LogP) is 2.55. The number of hydrogen-bond acceptors (Lipinski definition) is 4. The van der Waals surface area contributed by atoms with E-state index in [4.69, 9.17) is 4.74 Å². The van der Waals surface area contributed by atoms with Gasteiger partial charge in [-0.15, -0.1) is 0 Å². The quantitative estimate of drug-likeness (QED) is 0.530. The summed E-state index contributed by atoms with van der Waals surface area (Å²) in [6, 6.07) is 11.6. The number of rotatable bonds is 4. The van der Waals surface area contributed by atoms with E-state index in [1.807, 2.05) is 0 Å². The van der Waals surface area contributed by atoms with Crippen LogP contribution < -0.4 is 16.0 Å². The molecule has 2 aromatic heterocycles. The fourth-order valence-electron chi connectivity index (χ4n) is 3.07. The molecule has 0 spiro atoms. The molecule has 2 heterocycles. The van der Waals surface area contributed by atoms with Crippen LogP contribution in [0.4, 0.5) is 8.78 Å². The van der Waals surface area contributed by atoms with Crippen LogP contribution >= 0.6 is 0 Å². The minimum atomic E-state index is -0.626. The number of nitrogens with zero attached hydrogens (tertiary/aromatic N) is 4. The van der Waals surface area contributed by atoms with Crippen LogP contribution in [0.5, 0.6) is 11.8 Å². The van der Waals surface area contributed by atoms with Crippen molar-refractivity contribution >= 4 is 11.2 Å². The van der Waals surface area contributed by atoms with Crippen LogP contribution in [0.1, 0.15) is 5.56 Å². The van der Waals surface area contributed by atoms with Crippen LogP contribution in [0.3, 0.4) is 0 Å². The first-order chi connectivity index (χ1) is 13.9. The summed E-state index contributed by atoms with van der Waals surface area (Å²) in [4.78, 5) is 29.3. The molecule has 0 aliphatic rings. The molecule has 0 fully saturated rings. The molecule has 0 unspecified atom stereocenters. The summed E-state index contributed by atoms with van der Waals surface area (Å²) in [6.45, 7) is -0.0968. The van der Waals surface area contributed by atoms with Crippen LogP contribution in [0.25, 0.3) is 11.2 Å². The number of imidazole rings is 1. The molecule has 0 amide bonds. The minimum Gasteiger partial charge on any atom is -0.422 e. The zero-order chi connectivity index (χ0) is 20.7. The van der Waals surface area contributed by atoms with E-state index in [1.54, 1.807) is 24.3 Å². The molecule has 0 atom stereocenters. The van der Waals surface area contributed by atoms with Gasteiger partial charge in [0.25, 0.3) is 5.56 Å². The molecule has 0 bridgehead atoms. The molecule has 148 valence electrons. The topological polar surface area (TPSA) is 71.1 Å². The van der Waals surface area contributed by atoms with Gasteiger partial charge in [-0.25, -0.2) is 13.6 Å². The molecule has 4 rings (SSSR count). The maximum absolute atomic E-state index is 14.3. The predicted molar refractivity (Wildman–Crippen MR) is 102 cm³/mol. The summed E-state index contributed by atoms with van der Waals surface area (Å²) in [5.41, 5.74) is -0.808. The number of aromatic nitrogens is 4. The summed E-state index contributed by atoms with van der Waals surface area (Å²) in [5, 5.41) is 0. The first-order valence-corrected chi connectivity index (χ1v) is 8.70. The zero-order valence-electron chi connectivity index (χ0n) is 15.6. The van der Waals surface area contributed by atoms with E-state index >= 15 is 0 Å². The van der Waals surface area contributed by atoms with Crippen molar-refractivity contribution in [2.45, 2.75) is 6.54 Å². The van der Waals surface area contributed by atoms with Gasteiger partial charge < -0.3 is 4.74 Å². The van der Waals surface area contributed by atoms with Gasteiger partial charge in [-0.2, -0.15) is 4.98 Å². The van der Waals surface area contributed by atoms with Gasteiger partial charge in [-0.05, 0) is 18.2 Å². The van der Waals surface area contributed by atoms with Crippen molar-refractivity contribution < 1.29 is 13.5 Å². The highest BCUT2D eigenvalue weighted by Crippen LogP contribution is 2.27. The van der Waals surface area contributed by atoms with Gasteiger partial charge in [0.05, 0.1) is 6.54 Å². The van der Waals surface area contributed by atoms with Gasteiger partial charge in [0.2, 0.25) is 0 Å². The Morgan fingerprint density at radius 1 is 0.931 bits per heavy atom. The standard InChI is InChI=1S/C20H16F2N4O3/c1-24-17-16(18(27)25(2)20(24)28)26(11-12-7-3-4-8-13(12)21)19(23-17)29-15-10-6-5-9-14(15)22/h3-10H,11H2,1-2H3. The van der Waals surface area contributed by atoms with Crippen LogP contribution in [0, 0.1) is 11.6 Å². The smallest absolute Gasteiger partial charge is 0.332 e. The Bertz CT molecular complexity index is 1350. The summed E-state index contributed by atoms with van der Waals surface area (Å²) in [6.07, 6.45) is 0. The molecular formula is C20H16F2N4O3. The zero-order valence-corrected chi connectivity index (χ0v) is 15.6. The van der Waals surface area contributed by atoms with E-state index in [0.717, 1.165) is 4.57 Å². The van der Waals surface area contributed by atoms with E-state index in [9.17, 15) is 18.4 Å². The van der Waals surface area contributed by atoms with Crippen LogP contribution in [0.2, 0.25) is 0 Å². The van der Waals surface area contributed by atoms with E-state index in [1.165, 1.54) is 47.5 Å². The van der Waals surface area contributed by atoms with Gasteiger partial charge in [0.1, 0.15) is 5.82 Å². The lowest BCUT2D eigenvalue weighted by molar-refractivity contribution is 0.394. The second-order valence-corrected chi connectivity index (χ2v) is 6.48. The van der Waals surface area contributed by atoms with Crippen LogP contribution in [0.15, 0.2) is 58.1 Å². The highest BCUT2D eigenvalue weighted by atomic mass is 19.1. The number of benzene rings is 2. The summed E-state index contributed by atoms with van der Waals surface area (Å²) < 4.78 is 37.4. The number of halogens is 2. The third-order valence-corrected chi connectivity index (χ3v) is 4.64. The minimum absolute atomic E-state index is 0.0455. The van der Waals surface area contributed by atoms with Crippen molar-refractivity contribution in [3.8, 4) is 11.8 Å². The SMILES string of the molecule is Cn1c(=O)c2c(nc(Oc3ccccc3F)n2Cc2ccccc2F)n(C)c1=O. The molecule has 2 aromatic carbocycles. The van der Waals surface area contributed by atoms with Crippen molar-refractivity contribution in [2.24, 2.45) is 14.1 Å². The largest absolute Gasteiger partial charge is 0.422 e. The van der Waals surface area contributed by atoms with E-state index in [0.29, 0.717) is 0 Å². The molecular weight excluding hydrogens is 382 g/mol. The number of hydrogen-bond donors (Lipinski definition) is 0. The van der Waals surface area contributed by atoms with Gasteiger partial charge in [0, 0.05) is 19.7 Å². The Labute approximate surface area is 163 Å². The van der Waals surface area contributed by atoms with Gasteiger partial charge >= 0.3 is 11.7 Å². The molecule has 0 aliphatic carbocycles. The van der Waals surface area contributed by atoms with Crippen LogP contribution in [-0.2, 0) is 20.6 Å². The Balaban J connectivity index is 1.99. The number of fused-ring (bicyclic) bond motifs is 1. The van der Waals surface area contributed by atoms with E-state index in [2.05, 4.69) is 4.98 Å². The second-order valence-electron chi connectivity index (χ2n) is 6.48. The van der Waals surface area contributed by atoms with Crippen molar-refractivity contribution in [1.82, 2.24) is 18.7 Å². The molecule has 4 aromatic rings. The maximum Gasteiger partial charge on any atom is 0.332 e. The Hall–Kier alpha value is -3.75. The average molecular weight is 398 g/mol. The van der Waals surface area contributed by atoms with Crippen molar-refractivity contribution in [3.05, 3.63) is 86.6 Å². The lowest BCUT2D eigenvalue weighted by atomic mass is 10.2.